The van der Waals surface area contributed by atoms with E-state index in [9.17, 15) is 4.79 Å². The van der Waals surface area contributed by atoms with Crippen LogP contribution in [-0.2, 0) is 11.2 Å². The zero-order chi connectivity index (χ0) is 14.9. The van der Waals surface area contributed by atoms with Crippen molar-refractivity contribution >= 4 is 28.7 Å². The predicted octanol–water partition coefficient (Wildman–Crippen LogP) is 3.54. The molecule has 2 rings (SSSR count). The highest BCUT2D eigenvalue weighted by atomic mass is 35.5. The summed E-state index contributed by atoms with van der Waals surface area (Å²) in [6, 6.07) is 3.75. The Kier molecular flexibility index (Phi) is 3.69. The molecule has 0 aliphatic heterocycles. The highest BCUT2D eigenvalue weighted by molar-refractivity contribution is 6.31. The average molecular weight is 292 g/mol. The van der Waals surface area contributed by atoms with Gasteiger partial charge >= 0.3 is 6.09 Å². The summed E-state index contributed by atoms with van der Waals surface area (Å²) in [6.45, 7) is 5.37. The summed E-state index contributed by atoms with van der Waals surface area (Å²) in [6.07, 6.45) is 2.68. The molecule has 5 nitrogen and oxygen atoms in total. The normalized spacial score (nSPS) is 11.3. The molecule has 0 spiro atoms. The molecule has 2 heterocycles. The summed E-state index contributed by atoms with van der Waals surface area (Å²) in [5, 5.41) is 10.00. The second-order valence-corrected chi connectivity index (χ2v) is 5.80. The minimum absolute atomic E-state index is 0.175. The Morgan fingerprint density at radius 2 is 2.25 bits per heavy atom. The summed E-state index contributed by atoms with van der Waals surface area (Å²) < 4.78 is 6.63. The Labute approximate surface area is 121 Å². The molecule has 0 radical (unpaired) electrons. The van der Waals surface area contributed by atoms with E-state index >= 15 is 0 Å². The van der Waals surface area contributed by atoms with Gasteiger partial charge in [-0.1, -0.05) is 11.6 Å². The molecule has 0 N–H and O–H groups in total. The number of carbonyl (C=O) groups excluding carboxylic acids is 1. The zero-order valence-corrected chi connectivity index (χ0v) is 12.2. The van der Waals surface area contributed by atoms with E-state index in [1.807, 2.05) is 0 Å². The SMILES string of the molecule is CC(C)(C)OC(=O)n1cc(CC#N)c2cc(Cl)cnc21. The van der Waals surface area contributed by atoms with E-state index in [2.05, 4.69) is 11.1 Å². The Morgan fingerprint density at radius 3 is 2.85 bits per heavy atom. The number of nitriles is 1. The van der Waals surface area contributed by atoms with Gasteiger partial charge in [0.05, 0.1) is 17.5 Å². The van der Waals surface area contributed by atoms with Crippen LogP contribution in [0.1, 0.15) is 26.3 Å². The van der Waals surface area contributed by atoms with Gasteiger partial charge in [0.1, 0.15) is 11.2 Å². The quantitative estimate of drug-likeness (QED) is 0.806. The average Bonchev–Trinajstić information content (AvgIpc) is 2.66. The van der Waals surface area contributed by atoms with E-state index in [1.54, 1.807) is 33.0 Å². The fraction of sp³-hybridized carbons (Fsp3) is 0.357. The van der Waals surface area contributed by atoms with Crippen LogP contribution < -0.4 is 0 Å². The van der Waals surface area contributed by atoms with Crippen LogP contribution in [0.25, 0.3) is 11.0 Å². The minimum atomic E-state index is -0.602. The van der Waals surface area contributed by atoms with Crippen LogP contribution in [0.4, 0.5) is 4.79 Å². The van der Waals surface area contributed by atoms with Crippen molar-refractivity contribution in [1.82, 2.24) is 9.55 Å². The van der Waals surface area contributed by atoms with Crippen molar-refractivity contribution in [1.29, 1.82) is 5.26 Å². The maximum Gasteiger partial charge on any atom is 0.420 e. The molecule has 2 aromatic heterocycles. The lowest BCUT2D eigenvalue weighted by atomic mass is 10.2. The topological polar surface area (TPSA) is 67.9 Å². The van der Waals surface area contributed by atoms with Crippen LogP contribution in [0.5, 0.6) is 0 Å². The lowest BCUT2D eigenvalue weighted by molar-refractivity contribution is 0.0543. The number of nitrogens with zero attached hydrogens (tertiary/aromatic N) is 3. The van der Waals surface area contributed by atoms with Gasteiger partial charge in [0.2, 0.25) is 0 Å². The van der Waals surface area contributed by atoms with Crippen LogP contribution in [0.2, 0.25) is 5.02 Å². The third kappa shape index (κ3) is 2.91. The Balaban J connectivity index is 2.54. The molecule has 0 saturated heterocycles. The second kappa shape index (κ2) is 5.14. The van der Waals surface area contributed by atoms with Gasteiger partial charge in [-0.15, -0.1) is 0 Å². The predicted molar refractivity (Wildman–Crippen MR) is 75.7 cm³/mol. The molecule has 0 aromatic carbocycles. The molecular weight excluding hydrogens is 278 g/mol. The van der Waals surface area contributed by atoms with E-state index in [0.717, 1.165) is 0 Å². The molecule has 0 aliphatic rings. The van der Waals surface area contributed by atoms with Crippen LogP contribution in [0.3, 0.4) is 0 Å². The Bertz CT molecular complexity index is 708. The fourth-order valence-corrected chi connectivity index (χ4v) is 1.98. The van der Waals surface area contributed by atoms with Gasteiger partial charge in [0, 0.05) is 17.8 Å². The maximum atomic E-state index is 12.2. The Hall–Kier alpha value is -2.06. The highest BCUT2D eigenvalue weighted by Gasteiger charge is 2.21. The molecule has 104 valence electrons. The van der Waals surface area contributed by atoms with Crippen molar-refractivity contribution in [2.75, 3.05) is 0 Å². The molecule has 0 atom stereocenters. The van der Waals surface area contributed by atoms with Gasteiger partial charge in [0.25, 0.3) is 0 Å². The van der Waals surface area contributed by atoms with Gasteiger partial charge in [0.15, 0.2) is 0 Å². The largest absolute Gasteiger partial charge is 0.443 e. The van der Waals surface area contributed by atoms with Gasteiger partial charge in [-0.3, -0.25) is 0 Å². The highest BCUT2D eigenvalue weighted by Crippen LogP contribution is 2.24. The fourth-order valence-electron chi connectivity index (χ4n) is 1.82. The van der Waals surface area contributed by atoms with Crippen molar-refractivity contribution in [2.45, 2.75) is 32.8 Å². The minimum Gasteiger partial charge on any atom is -0.443 e. The number of ether oxygens (including phenoxy) is 1. The van der Waals surface area contributed by atoms with Crippen LogP contribution in [-0.4, -0.2) is 21.2 Å². The number of hydrogen-bond acceptors (Lipinski definition) is 4. The number of fused-ring (bicyclic) bond motifs is 1. The smallest absolute Gasteiger partial charge is 0.420 e. The van der Waals surface area contributed by atoms with Crippen molar-refractivity contribution in [3.05, 3.63) is 29.0 Å². The first-order chi connectivity index (χ1) is 9.31. The number of rotatable bonds is 1. The van der Waals surface area contributed by atoms with Crippen LogP contribution in [0, 0.1) is 11.3 Å². The van der Waals surface area contributed by atoms with E-state index in [1.165, 1.54) is 10.8 Å². The molecule has 0 saturated carbocycles. The third-order valence-corrected chi connectivity index (χ3v) is 2.76. The molecule has 6 heteroatoms. The van der Waals surface area contributed by atoms with Crippen LogP contribution >= 0.6 is 11.6 Å². The number of pyridine rings is 1. The van der Waals surface area contributed by atoms with Gasteiger partial charge in [-0.2, -0.15) is 5.26 Å². The summed E-state index contributed by atoms with van der Waals surface area (Å²) in [4.78, 5) is 16.3. The number of aromatic nitrogens is 2. The zero-order valence-electron chi connectivity index (χ0n) is 11.5. The van der Waals surface area contributed by atoms with E-state index in [-0.39, 0.29) is 6.42 Å². The van der Waals surface area contributed by atoms with E-state index in [4.69, 9.17) is 21.6 Å². The molecule has 0 fully saturated rings. The molecule has 0 aliphatic carbocycles. The third-order valence-electron chi connectivity index (χ3n) is 2.55. The van der Waals surface area contributed by atoms with Gasteiger partial charge in [-0.05, 0) is 32.4 Å². The monoisotopic (exact) mass is 291 g/mol. The molecule has 0 unspecified atom stereocenters. The Morgan fingerprint density at radius 1 is 1.55 bits per heavy atom. The first-order valence-electron chi connectivity index (χ1n) is 6.07. The lowest BCUT2D eigenvalue weighted by Crippen LogP contribution is -2.26. The van der Waals surface area contributed by atoms with Gasteiger partial charge in [-0.25, -0.2) is 14.3 Å². The number of halogens is 1. The summed E-state index contributed by atoms with van der Waals surface area (Å²) in [5.41, 5.74) is 0.535. The molecule has 0 amide bonds. The second-order valence-electron chi connectivity index (χ2n) is 5.36. The lowest BCUT2D eigenvalue weighted by Gasteiger charge is -2.19. The van der Waals surface area contributed by atoms with Gasteiger partial charge < -0.3 is 4.74 Å². The molecule has 2 aromatic rings. The van der Waals surface area contributed by atoms with E-state index in [0.29, 0.717) is 21.6 Å². The standard InChI is InChI=1S/C14H14ClN3O2/c1-14(2,3)20-13(19)18-8-9(4-5-16)11-6-10(15)7-17-12(11)18/h6-8H,4H2,1-3H3. The first kappa shape index (κ1) is 14.4. The number of hydrogen-bond donors (Lipinski definition) is 0. The van der Waals surface area contributed by atoms with Crippen LogP contribution in [0.15, 0.2) is 18.5 Å². The van der Waals surface area contributed by atoms with Crippen molar-refractivity contribution in [2.24, 2.45) is 0 Å². The van der Waals surface area contributed by atoms with Crippen molar-refractivity contribution < 1.29 is 9.53 Å². The first-order valence-corrected chi connectivity index (χ1v) is 6.45. The molecule has 0 bridgehead atoms. The summed E-state index contributed by atoms with van der Waals surface area (Å²) in [7, 11) is 0. The molecule has 20 heavy (non-hydrogen) atoms. The maximum absolute atomic E-state index is 12.2. The molecular formula is C14H14ClN3O2. The van der Waals surface area contributed by atoms with E-state index < -0.39 is 11.7 Å². The summed E-state index contributed by atoms with van der Waals surface area (Å²) >= 11 is 5.92. The number of carbonyl (C=O) groups is 1. The summed E-state index contributed by atoms with van der Waals surface area (Å²) in [5.74, 6) is 0. The van der Waals surface area contributed by atoms with Crippen molar-refractivity contribution in [3.8, 4) is 6.07 Å². The van der Waals surface area contributed by atoms with Crippen molar-refractivity contribution in [3.63, 3.8) is 0 Å².